The summed E-state index contributed by atoms with van der Waals surface area (Å²) < 4.78 is 0. The lowest BCUT2D eigenvalue weighted by Gasteiger charge is -2.26. The molecule has 0 fully saturated rings. The molecule has 0 saturated carbocycles. The van der Waals surface area contributed by atoms with Crippen molar-refractivity contribution in [2.75, 3.05) is 6.54 Å². The third-order valence-electron chi connectivity index (χ3n) is 4.18. The molecular formula is C18H28N2O3. The molecule has 0 aromatic heterocycles. The number of amides is 2. The van der Waals surface area contributed by atoms with E-state index in [-0.39, 0.29) is 30.8 Å². The van der Waals surface area contributed by atoms with E-state index in [0.717, 1.165) is 11.1 Å². The molecule has 0 aliphatic carbocycles. The van der Waals surface area contributed by atoms with E-state index in [2.05, 4.69) is 10.6 Å². The second kappa shape index (κ2) is 8.67. The van der Waals surface area contributed by atoms with E-state index in [1.54, 1.807) is 0 Å². The lowest BCUT2D eigenvalue weighted by atomic mass is 9.97. The number of carbonyl (C=O) groups is 2. The van der Waals surface area contributed by atoms with Crippen LogP contribution < -0.4 is 10.6 Å². The van der Waals surface area contributed by atoms with Crippen LogP contribution in [0.5, 0.6) is 0 Å². The van der Waals surface area contributed by atoms with Crippen molar-refractivity contribution in [2.45, 2.75) is 58.6 Å². The SMILES string of the molecule is CCC(O)(CC)CNC(=O)C[C@@H](NC(C)=O)c1ccc(C)cc1. The molecule has 0 radical (unpaired) electrons. The quantitative estimate of drug-likeness (QED) is 0.687. The maximum Gasteiger partial charge on any atom is 0.222 e. The molecule has 0 aliphatic rings. The first-order chi connectivity index (χ1) is 10.8. The predicted molar refractivity (Wildman–Crippen MR) is 90.9 cm³/mol. The minimum absolute atomic E-state index is 0.145. The van der Waals surface area contributed by atoms with Crippen LogP contribution in [0.15, 0.2) is 24.3 Å². The van der Waals surface area contributed by atoms with Gasteiger partial charge in [-0.3, -0.25) is 9.59 Å². The molecular weight excluding hydrogens is 292 g/mol. The van der Waals surface area contributed by atoms with Crippen LogP contribution in [0.2, 0.25) is 0 Å². The molecule has 1 aromatic carbocycles. The fraction of sp³-hybridized carbons (Fsp3) is 0.556. The number of carbonyl (C=O) groups excluding carboxylic acids is 2. The van der Waals surface area contributed by atoms with Crippen molar-refractivity contribution in [2.24, 2.45) is 0 Å². The summed E-state index contributed by atoms with van der Waals surface area (Å²) in [5.41, 5.74) is 1.14. The molecule has 5 heteroatoms. The molecule has 0 unspecified atom stereocenters. The zero-order chi connectivity index (χ0) is 17.5. The summed E-state index contributed by atoms with van der Waals surface area (Å²) in [6.07, 6.45) is 1.31. The Kier molecular flexibility index (Phi) is 7.23. The first kappa shape index (κ1) is 19.2. The first-order valence-corrected chi connectivity index (χ1v) is 8.12. The summed E-state index contributed by atoms with van der Waals surface area (Å²) in [6.45, 7) is 7.43. The van der Waals surface area contributed by atoms with Gasteiger partial charge in [0.05, 0.1) is 18.1 Å². The van der Waals surface area contributed by atoms with E-state index in [4.69, 9.17) is 0 Å². The summed E-state index contributed by atoms with van der Waals surface area (Å²) in [5.74, 6) is -0.369. The molecule has 5 nitrogen and oxygen atoms in total. The number of hydrogen-bond acceptors (Lipinski definition) is 3. The number of benzene rings is 1. The van der Waals surface area contributed by atoms with Crippen LogP contribution in [-0.2, 0) is 9.59 Å². The molecule has 1 atom stereocenters. The van der Waals surface area contributed by atoms with Crippen molar-refractivity contribution in [1.29, 1.82) is 0 Å². The monoisotopic (exact) mass is 320 g/mol. The van der Waals surface area contributed by atoms with Gasteiger partial charge in [-0.25, -0.2) is 0 Å². The lowest BCUT2D eigenvalue weighted by molar-refractivity contribution is -0.123. The molecule has 0 aliphatic heterocycles. The third-order valence-corrected chi connectivity index (χ3v) is 4.18. The topological polar surface area (TPSA) is 78.4 Å². The highest BCUT2D eigenvalue weighted by Crippen LogP contribution is 2.18. The van der Waals surface area contributed by atoms with Gasteiger partial charge < -0.3 is 15.7 Å². The van der Waals surface area contributed by atoms with Crippen molar-refractivity contribution in [3.05, 3.63) is 35.4 Å². The van der Waals surface area contributed by atoms with Gasteiger partial charge in [-0.05, 0) is 25.3 Å². The van der Waals surface area contributed by atoms with Crippen LogP contribution in [0.1, 0.15) is 57.2 Å². The molecule has 1 aromatic rings. The van der Waals surface area contributed by atoms with Gasteiger partial charge in [0.15, 0.2) is 0 Å². The fourth-order valence-electron chi connectivity index (χ4n) is 2.32. The van der Waals surface area contributed by atoms with E-state index in [1.807, 2.05) is 45.0 Å². The minimum Gasteiger partial charge on any atom is -0.388 e. The summed E-state index contributed by atoms with van der Waals surface area (Å²) >= 11 is 0. The molecule has 0 spiro atoms. The van der Waals surface area contributed by atoms with Crippen molar-refractivity contribution in [3.8, 4) is 0 Å². The Morgan fingerprint density at radius 2 is 1.74 bits per heavy atom. The van der Waals surface area contributed by atoms with Crippen LogP contribution >= 0.6 is 0 Å². The molecule has 2 amide bonds. The maximum atomic E-state index is 12.2. The van der Waals surface area contributed by atoms with Crippen LogP contribution in [0.25, 0.3) is 0 Å². The Hall–Kier alpha value is -1.88. The Balaban J connectivity index is 2.71. The van der Waals surface area contributed by atoms with Gasteiger partial charge in [-0.2, -0.15) is 0 Å². The largest absolute Gasteiger partial charge is 0.388 e. The molecule has 0 heterocycles. The van der Waals surface area contributed by atoms with Crippen molar-refractivity contribution >= 4 is 11.8 Å². The number of aliphatic hydroxyl groups is 1. The number of rotatable bonds is 8. The number of hydrogen-bond donors (Lipinski definition) is 3. The van der Waals surface area contributed by atoms with E-state index in [0.29, 0.717) is 12.8 Å². The molecule has 23 heavy (non-hydrogen) atoms. The van der Waals surface area contributed by atoms with E-state index < -0.39 is 5.60 Å². The Labute approximate surface area is 138 Å². The predicted octanol–water partition coefficient (Wildman–Crippen LogP) is 2.23. The Morgan fingerprint density at radius 1 is 1.17 bits per heavy atom. The number of aryl methyl sites for hydroxylation is 1. The van der Waals surface area contributed by atoms with Crippen LogP contribution in [-0.4, -0.2) is 29.1 Å². The van der Waals surface area contributed by atoms with E-state index in [9.17, 15) is 14.7 Å². The zero-order valence-corrected chi connectivity index (χ0v) is 14.5. The van der Waals surface area contributed by atoms with Crippen molar-refractivity contribution in [1.82, 2.24) is 10.6 Å². The zero-order valence-electron chi connectivity index (χ0n) is 14.5. The van der Waals surface area contributed by atoms with Gasteiger partial charge in [0.25, 0.3) is 0 Å². The Morgan fingerprint density at radius 3 is 2.22 bits per heavy atom. The Bertz CT molecular complexity index is 522. The van der Waals surface area contributed by atoms with E-state index >= 15 is 0 Å². The first-order valence-electron chi connectivity index (χ1n) is 8.12. The van der Waals surface area contributed by atoms with Crippen LogP contribution in [0.4, 0.5) is 0 Å². The third kappa shape index (κ3) is 6.40. The van der Waals surface area contributed by atoms with Gasteiger partial charge in [-0.1, -0.05) is 43.7 Å². The highest BCUT2D eigenvalue weighted by molar-refractivity contribution is 5.79. The van der Waals surface area contributed by atoms with Gasteiger partial charge >= 0.3 is 0 Å². The lowest BCUT2D eigenvalue weighted by Crippen LogP contribution is -2.43. The maximum absolute atomic E-state index is 12.2. The fourth-order valence-corrected chi connectivity index (χ4v) is 2.32. The molecule has 128 valence electrons. The average Bonchev–Trinajstić information content (AvgIpc) is 2.52. The summed E-state index contributed by atoms with van der Waals surface area (Å²) in [4.78, 5) is 23.6. The summed E-state index contributed by atoms with van der Waals surface area (Å²) in [6, 6.07) is 7.36. The average molecular weight is 320 g/mol. The highest BCUT2D eigenvalue weighted by Gasteiger charge is 2.24. The summed E-state index contributed by atoms with van der Waals surface area (Å²) in [5, 5.41) is 15.8. The van der Waals surface area contributed by atoms with Crippen molar-refractivity contribution in [3.63, 3.8) is 0 Å². The van der Waals surface area contributed by atoms with Crippen molar-refractivity contribution < 1.29 is 14.7 Å². The van der Waals surface area contributed by atoms with Crippen LogP contribution in [0.3, 0.4) is 0 Å². The second-order valence-corrected chi connectivity index (χ2v) is 6.08. The van der Waals surface area contributed by atoms with Crippen LogP contribution in [0, 0.1) is 6.92 Å². The standard InChI is InChI=1S/C18H28N2O3/c1-5-18(23,6-2)12-19-17(22)11-16(20-14(4)21)15-9-7-13(3)8-10-15/h7-10,16,23H,5-6,11-12H2,1-4H3,(H,19,22)(H,20,21)/t16-/m1/s1. The molecule has 3 N–H and O–H groups in total. The highest BCUT2D eigenvalue weighted by atomic mass is 16.3. The van der Waals surface area contributed by atoms with Gasteiger partial charge in [0, 0.05) is 13.5 Å². The smallest absolute Gasteiger partial charge is 0.222 e. The number of nitrogens with one attached hydrogen (secondary N) is 2. The second-order valence-electron chi connectivity index (χ2n) is 6.08. The minimum atomic E-state index is -0.872. The molecule has 1 rings (SSSR count). The van der Waals surface area contributed by atoms with Gasteiger partial charge in [-0.15, -0.1) is 0 Å². The normalized spacial score (nSPS) is 12.6. The van der Waals surface area contributed by atoms with Gasteiger partial charge in [0.1, 0.15) is 0 Å². The summed E-state index contributed by atoms with van der Waals surface area (Å²) in [7, 11) is 0. The van der Waals surface area contributed by atoms with E-state index in [1.165, 1.54) is 6.92 Å². The molecule has 0 bridgehead atoms. The van der Waals surface area contributed by atoms with Gasteiger partial charge in [0.2, 0.25) is 11.8 Å². The molecule has 0 saturated heterocycles.